The van der Waals surface area contributed by atoms with Gasteiger partial charge >= 0.3 is 0 Å². The van der Waals surface area contributed by atoms with E-state index in [4.69, 9.17) is 23.2 Å². The summed E-state index contributed by atoms with van der Waals surface area (Å²) in [4.78, 5) is 10.9. The Balaban J connectivity index is 2.50. The molecule has 82 valence electrons. The molecule has 0 aliphatic heterocycles. The molecule has 7 heteroatoms. The number of anilines is 1. The molecular weight excluding hydrogens is 239 g/mol. The van der Waals surface area contributed by atoms with Crippen LogP contribution < -0.4 is 10.6 Å². The van der Waals surface area contributed by atoms with Crippen molar-refractivity contribution in [3.8, 4) is 0 Å². The molecule has 0 spiro atoms. The molecule has 5 nitrogen and oxygen atoms in total. The quantitative estimate of drug-likeness (QED) is 0.844. The molecule has 1 rings (SSSR count). The van der Waals surface area contributed by atoms with E-state index in [1.54, 1.807) is 13.1 Å². The lowest BCUT2D eigenvalue weighted by Gasteiger charge is -2.06. The molecule has 15 heavy (non-hydrogen) atoms. The predicted octanol–water partition coefficient (Wildman–Crippen LogP) is 1.33. The lowest BCUT2D eigenvalue weighted by molar-refractivity contribution is -0.120. The maximum atomic E-state index is 10.9. The molecule has 0 unspecified atom stereocenters. The van der Waals surface area contributed by atoms with Gasteiger partial charge in [-0.25, -0.2) is 0 Å². The number of halogens is 2. The highest BCUT2D eigenvalue weighted by molar-refractivity contribution is 6.33. The Labute approximate surface area is 97.2 Å². The predicted molar refractivity (Wildman–Crippen MR) is 59.2 cm³/mol. The largest absolute Gasteiger partial charge is 0.382 e. The van der Waals surface area contributed by atoms with Crippen LogP contribution in [0.3, 0.4) is 0 Å². The van der Waals surface area contributed by atoms with E-state index in [-0.39, 0.29) is 16.2 Å². The Morgan fingerprint density at radius 3 is 2.87 bits per heavy atom. The summed E-state index contributed by atoms with van der Waals surface area (Å²) in [5, 5.41) is 13.1. The topological polar surface area (TPSA) is 66.9 Å². The van der Waals surface area contributed by atoms with E-state index in [1.807, 2.05) is 0 Å². The first kappa shape index (κ1) is 12.0. The second kappa shape index (κ2) is 5.72. The van der Waals surface area contributed by atoms with Crippen molar-refractivity contribution >= 4 is 34.8 Å². The van der Waals surface area contributed by atoms with Gasteiger partial charge in [0.15, 0.2) is 10.3 Å². The number of nitrogens with zero attached hydrogens (tertiary/aromatic N) is 2. The number of aromatic nitrogens is 2. The number of nitrogens with one attached hydrogen (secondary N) is 2. The van der Waals surface area contributed by atoms with Gasteiger partial charge in [-0.2, -0.15) is 0 Å². The highest BCUT2D eigenvalue weighted by atomic mass is 35.5. The molecule has 1 aromatic rings. The molecule has 0 saturated heterocycles. The average molecular weight is 249 g/mol. The Kier molecular flexibility index (Phi) is 4.58. The Hall–Kier alpha value is -1.07. The summed E-state index contributed by atoms with van der Waals surface area (Å²) < 4.78 is 0. The van der Waals surface area contributed by atoms with Crippen LogP contribution in [-0.2, 0) is 4.79 Å². The molecule has 1 aromatic heterocycles. The zero-order chi connectivity index (χ0) is 11.3. The number of carbonyl (C=O) groups excluding carboxylic acids is 1. The molecule has 2 N–H and O–H groups in total. The van der Waals surface area contributed by atoms with Gasteiger partial charge in [0, 0.05) is 26.1 Å². The molecular formula is C8H10Cl2N4O. The van der Waals surface area contributed by atoms with Gasteiger partial charge in [-0.15, -0.1) is 10.2 Å². The minimum atomic E-state index is -0.0493. The maximum Gasteiger partial charge on any atom is 0.221 e. The van der Waals surface area contributed by atoms with Crippen molar-refractivity contribution in [2.45, 2.75) is 6.42 Å². The minimum absolute atomic E-state index is 0.0493. The third kappa shape index (κ3) is 3.89. The van der Waals surface area contributed by atoms with Gasteiger partial charge in [0.25, 0.3) is 0 Å². The molecule has 0 aliphatic carbocycles. The normalized spacial score (nSPS) is 9.80. The lowest BCUT2D eigenvalue weighted by atomic mass is 10.4. The molecule has 0 bridgehead atoms. The van der Waals surface area contributed by atoms with Gasteiger partial charge in [0.1, 0.15) is 0 Å². The van der Waals surface area contributed by atoms with Crippen LogP contribution >= 0.6 is 23.2 Å². The zero-order valence-electron chi connectivity index (χ0n) is 8.05. The maximum absolute atomic E-state index is 10.9. The van der Waals surface area contributed by atoms with Gasteiger partial charge in [-0.1, -0.05) is 23.2 Å². The van der Waals surface area contributed by atoms with Crippen molar-refractivity contribution in [1.82, 2.24) is 15.5 Å². The van der Waals surface area contributed by atoms with E-state index in [0.29, 0.717) is 18.7 Å². The van der Waals surface area contributed by atoms with Crippen LogP contribution in [0, 0.1) is 0 Å². The number of carbonyl (C=O) groups is 1. The van der Waals surface area contributed by atoms with E-state index < -0.39 is 0 Å². The third-order valence-electron chi connectivity index (χ3n) is 1.67. The Bertz CT molecular complexity index is 358. The summed E-state index contributed by atoms with van der Waals surface area (Å²) in [6, 6.07) is 1.56. The van der Waals surface area contributed by atoms with Crippen LogP contribution in [-0.4, -0.2) is 29.7 Å². The van der Waals surface area contributed by atoms with Crippen LogP contribution in [0.5, 0.6) is 0 Å². The van der Waals surface area contributed by atoms with Crippen LogP contribution in [0.15, 0.2) is 6.07 Å². The molecule has 0 radical (unpaired) electrons. The molecule has 1 amide bonds. The van der Waals surface area contributed by atoms with Crippen LogP contribution in [0.25, 0.3) is 0 Å². The Morgan fingerprint density at radius 2 is 2.20 bits per heavy atom. The van der Waals surface area contributed by atoms with Crippen molar-refractivity contribution < 1.29 is 4.79 Å². The molecule has 0 atom stereocenters. The van der Waals surface area contributed by atoms with Crippen LogP contribution in [0.2, 0.25) is 10.3 Å². The first-order valence-electron chi connectivity index (χ1n) is 4.26. The van der Waals surface area contributed by atoms with Gasteiger partial charge in [0.05, 0.1) is 5.69 Å². The molecule has 1 heterocycles. The molecule has 0 aliphatic rings. The van der Waals surface area contributed by atoms with E-state index in [2.05, 4.69) is 20.8 Å². The minimum Gasteiger partial charge on any atom is -0.382 e. The summed E-state index contributed by atoms with van der Waals surface area (Å²) in [6.07, 6.45) is 0.354. The number of amides is 1. The lowest BCUT2D eigenvalue weighted by Crippen LogP contribution is -2.20. The van der Waals surface area contributed by atoms with Gasteiger partial charge in [0.2, 0.25) is 5.91 Å². The van der Waals surface area contributed by atoms with Gasteiger partial charge < -0.3 is 10.6 Å². The fourth-order valence-corrected chi connectivity index (χ4v) is 1.22. The third-order valence-corrected chi connectivity index (χ3v) is 2.13. The smallest absolute Gasteiger partial charge is 0.221 e. The van der Waals surface area contributed by atoms with E-state index in [1.165, 1.54) is 0 Å². The standard InChI is InChI=1S/C8H10Cl2N4O/c1-11-7(15)2-3-12-5-4-6(9)13-14-8(5)10/h4H,2-3H2,1H3,(H,11,15)(H,12,13). The summed E-state index contributed by atoms with van der Waals surface area (Å²) in [5.41, 5.74) is 0.570. The van der Waals surface area contributed by atoms with E-state index in [0.717, 1.165) is 0 Å². The zero-order valence-corrected chi connectivity index (χ0v) is 9.56. The monoisotopic (exact) mass is 248 g/mol. The highest BCUT2D eigenvalue weighted by Crippen LogP contribution is 2.20. The van der Waals surface area contributed by atoms with Crippen LogP contribution in [0.1, 0.15) is 6.42 Å². The molecule has 0 fully saturated rings. The SMILES string of the molecule is CNC(=O)CCNc1cc(Cl)nnc1Cl. The van der Waals surface area contributed by atoms with Gasteiger partial charge in [-0.3, -0.25) is 4.79 Å². The average Bonchev–Trinajstić information content (AvgIpc) is 2.23. The van der Waals surface area contributed by atoms with Crippen molar-refractivity contribution in [2.24, 2.45) is 0 Å². The summed E-state index contributed by atoms with van der Waals surface area (Å²) in [5.74, 6) is -0.0493. The van der Waals surface area contributed by atoms with E-state index >= 15 is 0 Å². The fraction of sp³-hybridized carbons (Fsp3) is 0.375. The first-order chi connectivity index (χ1) is 7.13. The second-order valence-corrected chi connectivity index (χ2v) is 3.47. The van der Waals surface area contributed by atoms with Crippen molar-refractivity contribution in [2.75, 3.05) is 18.9 Å². The van der Waals surface area contributed by atoms with Crippen LogP contribution in [0.4, 0.5) is 5.69 Å². The number of hydrogen-bond donors (Lipinski definition) is 2. The highest BCUT2D eigenvalue weighted by Gasteiger charge is 2.04. The molecule has 0 saturated carbocycles. The summed E-state index contributed by atoms with van der Waals surface area (Å²) >= 11 is 11.4. The second-order valence-electron chi connectivity index (χ2n) is 2.72. The number of rotatable bonds is 4. The van der Waals surface area contributed by atoms with Crippen molar-refractivity contribution in [1.29, 1.82) is 0 Å². The van der Waals surface area contributed by atoms with E-state index in [9.17, 15) is 4.79 Å². The van der Waals surface area contributed by atoms with Crippen molar-refractivity contribution in [3.63, 3.8) is 0 Å². The fourth-order valence-electron chi connectivity index (χ4n) is 0.913. The first-order valence-corrected chi connectivity index (χ1v) is 5.02. The summed E-state index contributed by atoms with van der Waals surface area (Å²) in [6.45, 7) is 0.460. The number of hydrogen-bond acceptors (Lipinski definition) is 4. The van der Waals surface area contributed by atoms with Gasteiger partial charge in [-0.05, 0) is 0 Å². The molecule has 0 aromatic carbocycles. The van der Waals surface area contributed by atoms with Crippen molar-refractivity contribution in [3.05, 3.63) is 16.4 Å². The Morgan fingerprint density at radius 1 is 1.47 bits per heavy atom. The summed E-state index contributed by atoms with van der Waals surface area (Å²) in [7, 11) is 1.58.